The van der Waals surface area contributed by atoms with Gasteiger partial charge in [-0.2, -0.15) is 0 Å². The number of halogens is 1. The number of hydrogen-bond donors (Lipinski definition) is 3. The Morgan fingerprint density at radius 3 is 2.67 bits per heavy atom. The summed E-state index contributed by atoms with van der Waals surface area (Å²) in [5.41, 5.74) is 6.31. The number of likely N-dealkylation sites (N-methyl/N-ethyl adjacent to an activating group) is 1. The number of rotatable bonds is 6. The molecule has 1 unspecified atom stereocenters. The SMILES string of the molecule is CN(C1CCC1)C1CCN(c2ccc(-c3cc(F)c(/C(C=N)=C/N)cc3O)nn2)C1. The minimum absolute atomic E-state index is 0.0667. The van der Waals surface area contributed by atoms with Crippen molar-refractivity contribution in [2.45, 2.75) is 37.8 Å². The molecule has 30 heavy (non-hydrogen) atoms. The largest absolute Gasteiger partial charge is 0.507 e. The van der Waals surface area contributed by atoms with E-state index >= 15 is 0 Å². The van der Waals surface area contributed by atoms with Gasteiger partial charge in [0.25, 0.3) is 0 Å². The van der Waals surface area contributed by atoms with Gasteiger partial charge in [-0.25, -0.2) is 4.39 Å². The maximum absolute atomic E-state index is 14.5. The van der Waals surface area contributed by atoms with Crippen molar-refractivity contribution in [3.05, 3.63) is 41.8 Å². The lowest BCUT2D eigenvalue weighted by atomic mass is 9.91. The number of allylic oxidation sites excluding steroid dienone is 1. The molecule has 1 aliphatic heterocycles. The number of aromatic hydroxyl groups is 1. The molecular formula is C22H27FN6O. The Morgan fingerprint density at radius 2 is 2.07 bits per heavy atom. The molecule has 2 aliphatic rings. The van der Waals surface area contributed by atoms with Gasteiger partial charge in [0.2, 0.25) is 0 Å². The minimum Gasteiger partial charge on any atom is -0.507 e. The number of phenolic OH excluding ortho intramolecular Hbond substituents is 1. The lowest BCUT2D eigenvalue weighted by molar-refractivity contribution is 0.119. The first kappa shape index (κ1) is 20.3. The van der Waals surface area contributed by atoms with Crippen molar-refractivity contribution >= 4 is 17.6 Å². The molecule has 0 radical (unpaired) electrons. The summed E-state index contributed by atoms with van der Waals surface area (Å²) in [6.45, 7) is 1.86. The van der Waals surface area contributed by atoms with Crippen LogP contribution in [0.2, 0.25) is 0 Å². The van der Waals surface area contributed by atoms with Crippen LogP contribution in [0.4, 0.5) is 10.2 Å². The van der Waals surface area contributed by atoms with Gasteiger partial charge in [0.1, 0.15) is 11.6 Å². The van der Waals surface area contributed by atoms with E-state index in [4.69, 9.17) is 11.1 Å². The number of benzene rings is 1. The second-order valence-corrected chi connectivity index (χ2v) is 8.03. The summed E-state index contributed by atoms with van der Waals surface area (Å²) in [5, 5.41) is 26.2. The van der Waals surface area contributed by atoms with E-state index < -0.39 is 5.82 Å². The fourth-order valence-electron chi connectivity index (χ4n) is 4.22. The average Bonchev–Trinajstić information content (AvgIpc) is 3.20. The summed E-state index contributed by atoms with van der Waals surface area (Å²) in [6, 6.07) is 7.30. The van der Waals surface area contributed by atoms with Gasteiger partial charge in [-0.05, 0) is 50.6 Å². The topological polar surface area (TPSA) is 102 Å². The highest BCUT2D eigenvalue weighted by molar-refractivity contribution is 6.08. The van der Waals surface area contributed by atoms with Gasteiger partial charge in [0.05, 0.1) is 5.69 Å². The summed E-state index contributed by atoms with van der Waals surface area (Å²) in [4.78, 5) is 4.73. The summed E-state index contributed by atoms with van der Waals surface area (Å²) in [5.74, 6) is 0.0605. The third-order valence-electron chi connectivity index (χ3n) is 6.37. The summed E-state index contributed by atoms with van der Waals surface area (Å²) in [7, 11) is 2.22. The predicted molar refractivity (Wildman–Crippen MR) is 116 cm³/mol. The van der Waals surface area contributed by atoms with E-state index in [1.54, 1.807) is 6.07 Å². The maximum Gasteiger partial charge on any atom is 0.151 e. The van der Waals surface area contributed by atoms with Crippen LogP contribution in [0, 0.1) is 11.2 Å². The predicted octanol–water partition coefficient (Wildman–Crippen LogP) is 3.00. The van der Waals surface area contributed by atoms with Crippen molar-refractivity contribution in [2.75, 3.05) is 25.0 Å². The Balaban J connectivity index is 1.50. The number of phenols is 1. The first-order chi connectivity index (χ1) is 14.5. The zero-order valence-electron chi connectivity index (χ0n) is 17.1. The molecule has 1 aliphatic carbocycles. The highest BCUT2D eigenvalue weighted by Gasteiger charge is 2.32. The smallest absolute Gasteiger partial charge is 0.151 e. The Morgan fingerprint density at radius 1 is 1.27 bits per heavy atom. The Bertz CT molecular complexity index is 957. The minimum atomic E-state index is -0.588. The first-order valence-corrected chi connectivity index (χ1v) is 10.3. The fourth-order valence-corrected chi connectivity index (χ4v) is 4.22. The van der Waals surface area contributed by atoms with Gasteiger partial charge in [-0.3, -0.25) is 4.90 Å². The quantitative estimate of drug-likeness (QED) is 0.633. The van der Waals surface area contributed by atoms with Crippen molar-refractivity contribution in [3.8, 4) is 17.0 Å². The van der Waals surface area contributed by atoms with E-state index in [2.05, 4.69) is 27.0 Å². The van der Waals surface area contributed by atoms with Crippen LogP contribution in [0.15, 0.2) is 30.5 Å². The van der Waals surface area contributed by atoms with Gasteiger partial charge >= 0.3 is 0 Å². The molecule has 1 atom stereocenters. The van der Waals surface area contributed by atoms with Crippen LogP contribution in [0.1, 0.15) is 31.2 Å². The summed E-state index contributed by atoms with van der Waals surface area (Å²) in [6.07, 6.45) is 7.10. The molecule has 158 valence electrons. The van der Waals surface area contributed by atoms with E-state index in [1.807, 2.05) is 6.07 Å². The number of nitrogens with two attached hydrogens (primary N) is 1. The molecule has 2 fully saturated rings. The molecule has 4 N–H and O–H groups in total. The van der Waals surface area contributed by atoms with Gasteiger partial charge in [0, 0.05) is 54.3 Å². The molecule has 0 bridgehead atoms. The van der Waals surface area contributed by atoms with Crippen molar-refractivity contribution < 1.29 is 9.50 Å². The van der Waals surface area contributed by atoms with Crippen molar-refractivity contribution in [2.24, 2.45) is 5.73 Å². The molecular weight excluding hydrogens is 383 g/mol. The highest BCUT2D eigenvalue weighted by Crippen LogP contribution is 2.33. The molecule has 1 aromatic heterocycles. The molecule has 0 spiro atoms. The standard InChI is InChI=1S/C22H27FN6O/c1-28(15-3-2-4-15)16-7-8-29(13-16)22-6-5-20(26-27-22)18-9-19(23)17(10-21(18)30)14(11-24)12-25/h5-6,9-12,15-16,24,30H,2-4,7-8,13,25H2,1H3/b14-12+,24-11?. The lowest BCUT2D eigenvalue weighted by Crippen LogP contribution is -2.45. The Labute approximate surface area is 175 Å². The van der Waals surface area contributed by atoms with Gasteiger partial charge in [0.15, 0.2) is 5.82 Å². The fraction of sp³-hybridized carbons (Fsp3) is 0.409. The number of nitrogens with one attached hydrogen (secondary N) is 1. The van der Waals surface area contributed by atoms with E-state index in [-0.39, 0.29) is 22.4 Å². The van der Waals surface area contributed by atoms with Crippen molar-refractivity contribution in [1.82, 2.24) is 15.1 Å². The molecule has 1 aromatic carbocycles. The van der Waals surface area contributed by atoms with Crippen LogP contribution in [-0.4, -0.2) is 58.6 Å². The van der Waals surface area contributed by atoms with Crippen LogP contribution in [0.3, 0.4) is 0 Å². The van der Waals surface area contributed by atoms with Crippen LogP contribution in [0.25, 0.3) is 16.8 Å². The number of anilines is 1. The third kappa shape index (κ3) is 3.75. The van der Waals surface area contributed by atoms with E-state index in [1.165, 1.54) is 31.4 Å². The molecule has 1 saturated heterocycles. The monoisotopic (exact) mass is 410 g/mol. The van der Waals surface area contributed by atoms with Crippen LogP contribution in [0.5, 0.6) is 5.75 Å². The van der Waals surface area contributed by atoms with Crippen molar-refractivity contribution in [3.63, 3.8) is 0 Å². The number of aromatic nitrogens is 2. The van der Waals surface area contributed by atoms with Gasteiger partial charge < -0.3 is 21.1 Å². The molecule has 2 heterocycles. The van der Waals surface area contributed by atoms with E-state index in [0.717, 1.165) is 37.7 Å². The zero-order valence-corrected chi connectivity index (χ0v) is 17.1. The van der Waals surface area contributed by atoms with E-state index in [9.17, 15) is 9.50 Å². The second-order valence-electron chi connectivity index (χ2n) is 8.03. The molecule has 2 aromatic rings. The maximum atomic E-state index is 14.5. The second kappa shape index (κ2) is 8.39. The normalized spacial score (nSPS) is 19.9. The van der Waals surface area contributed by atoms with Crippen LogP contribution < -0.4 is 10.6 Å². The molecule has 7 nitrogen and oxygen atoms in total. The lowest BCUT2D eigenvalue weighted by Gasteiger charge is -2.38. The van der Waals surface area contributed by atoms with Crippen LogP contribution >= 0.6 is 0 Å². The summed E-state index contributed by atoms with van der Waals surface area (Å²) < 4.78 is 14.5. The molecule has 0 amide bonds. The molecule has 1 saturated carbocycles. The van der Waals surface area contributed by atoms with E-state index in [0.29, 0.717) is 17.8 Å². The molecule has 4 rings (SSSR count). The third-order valence-corrected chi connectivity index (χ3v) is 6.37. The summed E-state index contributed by atoms with van der Waals surface area (Å²) >= 11 is 0. The van der Waals surface area contributed by atoms with Crippen molar-refractivity contribution in [1.29, 1.82) is 5.41 Å². The number of hydrogen-bond acceptors (Lipinski definition) is 7. The molecule has 8 heteroatoms. The Hall–Kier alpha value is -3.00. The van der Waals surface area contributed by atoms with Gasteiger partial charge in [-0.15, -0.1) is 10.2 Å². The first-order valence-electron chi connectivity index (χ1n) is 10.3. The van der Waals surface area contributed by atoms with Gasteiger partial charge in [-0.1, -0.05) is 6.42 Å². The Kier molecular flexibility index (Phi) is 5.67. The van der Waals surface area contributed by atoms with Crippen LogP contribution in [-0.2, 0) is 0 Å². The average molecular weight is 410 g/mol. The highest BCUT2D eigenvalue weighted by atomic mass is 19.1. The number of nitrogens with zero attached hydrogens (tertiary/aromatic N) is 4. The zero-order chi connectivity index (χ0) is 21.3.